The number of methoxy groups -OCH3 is 1. The number of nitrogens with zero attached hydrogens (tertiary/aromatic N) is 3. The second-order valence-electron chi connectivity index (χ2n) is 5.81. The van der Waals surface area contributed by atoms with Crippen molar-refractivity contribution in [3.05, 3.63) is 54.1 Å². The molecule has 4 aromatic rings. The number of carbonyl (C=O) groups excluding carboxylic acids is 2. The van der Waals surface area contributed by atoms with Crippen molar-refractivity contribution in [2.75, 3.05) is 12.4 Å². The second-order valence-corrected chi connectivity index (χ2v) is 5.81. The van der Waals surface area contributed by atoms with Crippen LogP contribution in [0.2, 0.25) is 0 Å². The van der Waals surface area contributed by atoms with Crippen LogP contribution in [0, 0.1) is 0 Å². The fourth-order valence-electron chi connectivity index (χ4n) is 2.76. The normalized spacial score (nSPS) is 10.8. The van der Waals surface area contributed by atoms with E-state index in [9.17, 15) is 9.59 Å². The fraction of sp³-hybridized carbons (Fsp3) is 0.0556. The molecule has 0 unspecified atom stereocenters. The molecule has 3 aromatic heterocycles. The average molecular weight is 377 g/mol. The van der Waals surface area contributed by atoms with E-state index in [4.69, 9.17) is 10.5 Å². The van der Waals surface area contributed by atoms with E-state index >= 15 is 0 Å². The summed E-state index contributed by atoms with van der Waals surface area (Å²) in [6.45, 7) is 0. The standard InChI is InChI=1S/C18H15N7O3/c1-28-9-5-6-20-12(7-9)16-23-11-4-2-3-10(13(11)24-16)18(27)25-17-14(15(19)26)21-8-22-17/h2-8H,1H3,(H2,19,26)(H,21,22)(H,23,24)(H,25,27). The zero-order valence-corrected chi connectivity index (χ0v) is 14.7. The minimum absolute atomic E-state index is 0.0174. The second kappa shape index (κ2) is 6.83. The quantitative estimate of drug-likeness (QED) is 0.415. The summed E-state index contributed by atoms with van der Waals surface area (Å²) >= 11 is 0. The maximum atomic E-state index is 12.7. The van der Waals surface area contributed by atoms with E-state index in [1.807, 2.05) is 0 Å². The van der Waals surface area contributed by atoms with Gasteiger partial charge in [0, 0.05) is 12.3 Å². The van der Waals surface area contributed by atoms with Crippen LogP contribution in [0.25, 0.3) is 22.6 Å². The number of ether oxygens (including phenoxy) is 1. The van der Waals surface area contributed by atoms with E-state index < -0.39 is 11.8 Å². The third-order valence-electron chi connectivity index (χ3n) is 4.08. The van der Waals surface area contributed by atoms with E-state index in [1.54, 1.807) is 43.6 Å². The minimum atomic E-state index is -0.725. The predicted molar refractivity (Wildman–Crippen MR) is 101 cm³/mol. The van der Waals surface area contributed by atoms with Crippen LogP contribution in [-0.4, -0.2) is 43.8 Å². The lowest BCUT2D eigenvalue weighted by atomic mass is 10.1. The first-order valence-corrected chi connectivity index (χ1v) is 8.20. The Labute approximate surface area is 158 Å². The molecule has 1 aromatic carbocycles. The summed E-state index contributed by atoms with van der Waals surface area (Å²) in [7, 11) is 1.57. The van der Waals surface area contributed by atoms with Crippen molar-refractivity contribution in [2.24, 2.45) is 5.73 Å². The van der Waals surface area contributed by atoms with Gasteiger partial charge in [-0.3, -0.25) is 14.6 Å². The Hall–Kier alpha value is -4.21. The summed E-state index contributed by atoms with van der Waals surface area (Å²) in [5.74, 6) is -0.0126. The molecule has 2 amide bonds. The van der Waals surface area contributed by atoms with Crippen molar-refractivity contribution in [3.63, 3.8) is 0 Å². The molecule has 4 rings (SSSR count). The molecular weight excluding hydrogens is 362 g/mol. The van der Waals surface area contributed by atoms with Gasteiger partial charge in [0.15, 0.2) is 11.6 Å². The number of nitrogens with two attached hydrogens (primary N) is 1. The molecule has 0 aliphatic heterocycles. The van der Waals surface area contributed by atoms with Crippen molar-refractivity contribution in [1.29, 1.82) is 0 Å². The molecule has 28 heavy (non-hydrogen) atoms. The van der Waals surface area contributed by atoms with Gasteiger partial charge in [0.25, 0.3) is 11.8 Å². The van der Waals surface area contributed by atoms with Gasteiger partial charge < -0.3 is 25.8 Å². The highest BCUT2D eigenvalue weighted by Crippen LogP contribution is 2.24. The smallest absolute Gasteiger partial charge is 0.269 e. The number of aromatic nitrogens is 5. The molecule has 0 spiro atoms. The number of benzene rings is 1. The molecule has 0 saturated heterocycles. The van der Waals surface area contributed by atoms with Crippen molar-refractivity contribution in [3.8, 4) is 17.3 Å². The number of primary amides is 1. The van der Waals surface area contributed by atoms with Crippen LogP contribution in [0.4, 0.5) is 5.82 Å². The number of imidazole rings is 2. The van der Waals surface area contributed by atoms with Crippen LogP contribution in [0.3, 0.4) is 0 Å². The van der Waals surface area contributed by atoms with Crippen LogP contribution in [0.15, 0.2) is 42.9 Å². The fourth-order valence-corrected chi connectivity index (χ4v) is 2.76. The monoisotopic (exact) mass is 377 g/mol. The molecule has 140 valence electrons. The topological polar surface area (TPSA) is 152 Å². The Bertz CT molecular complexity index is 1190. The first kappa shape index (κ1) is 17.2. The number of pyridine rings is 1. The average Bonchev–Trinajstić information content (AvgIpc) is 3.34. The third-order valence-corrected chi connectivity index (χ3v) is 4.08. The number of rotatable bonds is 5. The Morgan fingerprint density at radius 1 is 1.21 bits per heavy atom. The highest BCUT2D eigenvalue weighted by Gasteiger charge is 2.18. The highest BCUT2D eigenvalue weighted by molar-refractivity contribution is 6.13. The third kappa shape index (κ3) is 3.03. The Morgan fingerprint density at radius 3 is 2.86 bits per heavy atom. The molecule has 10 heteroatoms. The maximum absolute atomic E-state index is 12.7. The zero-order valence-electron chi connectivity index (χ0n) is 14.7. The van der Waals surface area contributed by atoms with Gasteiger partial charge in [-0.1, -0.05) is 6.07 Å². The lowest BCUT2D eigenvalue weighted by molar-refractivity contribution is 0.0997. The summed E-state index contributed by atoms with van der Waals surface area (Å²) in [5, 5.41) is 2.58. The number of fused-ring (bicyclic) bond motifs is 1. The molecule has 0 bridgehead atoms. The number of H-pyrrole nitrogens is 2. The largest absolute Gasteiger partial charge is 0.497 e. The van der Waals surface area contributed by atoms with Crippen LogP contribution in [0.5, 0.6) is 5.75 Å². The number of carbonyl (C=O) groups is 2. The number of amides is 2. The van der Waals surface area contributed by atoms with E-state index in [0.717, 1.165) is 0 Å². The summed E-state index contributed by atoms with van der Waals surface area (Å²) in [4.78, 5) is 42.6. The maximum Gasteiger partial charge on any atom is 0.269 e. The minimum Gasteiger partial charge on any atom is -0.497 e. The number of hydrogen-bond acceptors (Lipinski definition) is 6. The molecule has 0 aliphatic carbocycles. The van der Waals surface area contributed by atoms with Crippen molar-refractivity contribution >= 4 is 28.7 Å². The predicted octanol–water partition coefficient (Wildman–Crippen LogP) is 1.71. The number of hydrogen-bond donors (Lipinski definition) is 4. The molecule has 3 heterocycles. The molecule has 0 saturated carbocycles. The van der Waals surface area contributed by atoms with Crippen LogP contribution < -0.4 is 15.8 Å². The van der Waals surface area contributed by atoms with E-state index in [1.165, 1.54) is 6.33 Å². The van der Waals surface area contributed by atoms with Crippen LogP contribution in [-0.2, 0) is 0 Å². The molecule has 10 nitrogen and oxygen atoms in total. The van der Waals surface area contributed by atoms with Gasteiger partial charge in [0.1, 0.15) is 22.7 Å². The van der Waals surface area contributed by atoms with Gasteiger partial charge in [-0.25, -0.2) is 9.97 Å². The Balaban J connectivity index is 1.71. The van der Waals surface area contributed by atoms with Gasteiger partial charge in [0.05, 0.1) is 24.5 Å². The summed E-state index contributed by atoms with van der Waals surface area (Å²) in [5.41, 5.74) is 7.27. The molecular formula is C18H15N7O3. The lowest BCUT2D eigenvalue weighted by Gasteiger charge is -2.04. The highest BCUT2D eigenvalue weighted by atomic mass is 16.5. The zero-order chi connectivity index (χ0) is 19.7. The number of para-hydroxylation sites is 1. The van der Waals surface area contributed by atoms with E-state index in [0.29, 0.717) is 33.9 Å². The molecule has 0 aliphatic rings. The van der Waals surface area contributed by atoms with Crippen LogP contribution in [0.1, 0.15) is 20.8 Å². The summed E-state index contributed by atoms with van der Waals surface area (Å²) in [6, 6.07) is 8.60. The van der Waals surface area contributed by atoms with E-state index in [2.05, 4.69) is 30.2 Å². The van der Waals surface area contributed by atoms with E-state index in [-0.39, 0.29) is 11.5 Å². The van der Waals surface area contributed by atoms with Crippen molar-refractivity contribution < 1.29 is 14.3 Å². The molecule has 5 N–H and O–H groups in total. The molecule has 0 fully saturated rings. The van der Waals surface area contributed by atoms with Crippen molar-refractivity contribution in [2.45, 2.75) is 0 Å². The number of aromatic amines is 2. The van der Waals surface area contributed by atoms with Crippen LogP contribution >= 0.6 is 0 Å². The molecule has 0 atom stereocenters. The number of nitrogens with one attached hydrogen (secondary N) is 3. The first-order chi connectivity index (χ1) is 13.6. The van der Waals surface area contributed by atoms with Gasteiger partial charge in [-0.05, 0) is 18.2 Å². The number of anilines is 1. The Morgan fingerprint density at radius 2 is 2.07 bits per heavy atom. The van der Waals surface area contributed by atoms with Gasteiger partial charge >= 0.3 is 0 Å². The van der Waals surface area contributed by atoms with Gasteiger partial charge in [0.2, 0.25) is 0 Å². The van der Waals surface area contributed by atoms with Gasteiger partial charge in [-0.15, -0.1) is 0 Å². The first-order valence-electron chi connectivity index (χ1n) is 8.20. The molecule has 0 radical (unpaired) electrons. The lowest BCUT2D eigenvalue weighted by Crippen LogP contribution is -2.18. The summed E-state index contributed by atoms with van der Waals surface area (Å²) < 4.78 is 5.21. The SMILES string of the molecule is COc1ccnc(-c2nc3c(C(=O)Nc4nc[nH]c4C(N)=O)cccc3[nH]2)c1. The Kier molecular flexibility index (Phi) is 4.20. The van der Waals surface area contributed by atoms with Gasteiger partial charge in [-0.2, -0.15) is 0 Å². The summed E-state index contributed by atoms with van der Waals surface area (Å²) in [6.07, 6.45) is 2.88. The van der Waals surface area contributed by atoms with Crippen molar-refractivity contribution in [1.82, 2.24) is 24.9 Å².